The molecule has 2 N–H and O–H groups in total. The summed E-state index contributed by atoms with van der Waals surface area (Å²) in [6.07, 6.45) is 1.05. The van der Waals surface area contributed by atoms with Crippen LogP contribution in [0.2, 0.25) is 0 Å². The molecule has 0 saturated heterocycles. The average Bonchev–Trinajstić information content (AvgIpc) is 2.81. The molecule has 2 aromatic rings. The zero-order valence-corrected chi connectivity index (χ0v) is 20.0. The van der Waals surface area contributed by atoms with Crippen molar-refractivity contribution in [1.29, 1.82) is 0 Å². The van der Waals surface area contributed by atoms with Crippen LogP contribution in [0.4, 0.5) is 5.69 Å². The lowest BCUT2D eigenvalue weighted by molar-refractivity contribution is -0.118. The molecule has 0 fully saturated rings. The highest BCUT2D eigenvalue weighted by molar-refractivity contribution is 5.96. The molecule has 0 atom stereocenters. The normalized spacial score (nSPS) is 11.3. The number of anilines is 1. The summed E-state index contributed by atoms with van der Waals surface area (Å²) in [5, 5.41) is 5.72. The molecule has 6 heteroatoms. The number of carbonyl (C=O) groups excluding carboxylic acids is 2. The minimum atomic E-state index is -0.251. The van der Waals surface area contributed by atoms with Crippen molar-refractivity contribution in [3.63, 3.8) is 0 Å². The third-order valence-electron chi connectivity index (χ3n) is 5.93. The summed E-state index contributed by atoms with van der Waals surface area (Å²) in [7, 11) is 0. The fourth-order valence-electron chi connectivity index (χ4n) is 3.23. The van der Waals surface area contributed by atoms with Crippen molar-refractivity contribution in [2.24, 2.45) is 0 Å². The summed E-state index contributed by atoms with van der Waals surface area (Å²) in [5.74, 6) is 0.292. The molecule has 2 aromatic carbocycles. The number of rotatable bonds is 12. The van der Waals surface area contributed by atoms with E-state index in [9.17, 15) is 9.59 Å². The standard InChI is InChI=1S/C26H37N3O3/c1-6-26(4,5)21-11-15-23(16-12-21)32-19-24(30)28-22-13-9-20(10-14-22)25(31)27-17-18-29(7-2)8-3/h9-16H,6-8,17-19H2,1-5H3,(H,27,31)(H,28,30). The van der Waals surface area contributed by atoms with Crippen molar-refractivity contribution in [3.8, 4) is 5.75 Å². The lowest BCUT2D eigenvalue weighted by Crippen LogP contribution is -2.34. The van der Waals surface area contributed by atoms with Gasteiger partial charge in [0, 0.05) is 24.3 Å². The molecule has 32 heavy (non-hydrogen) atoms. The van der Waals surface area contributed by atoms with Gasteiger partial charge < -0.3 is 20.3 Å². The first-order valence-corrected chi connectivity index (χ1v) is 11.4. The van der Waals surface area contributed by atoms with Gasteiger partial charge in [-0.2, -0.15) is 0 Å². The van der Waals surface area contributed by atoms with E-state index in [1.54, 1.807) is 24.3 Å². The number of ether oxygens (including phenoxy) is 1. The van der Waals surface area contributed by atoms with Gasteiger partial charge in [0.1, 0.15) is 5.75 Å². The van der Waals surface area contributed by atoms with Crippen LogP contribution in [0.3, 0.4) is 0 Å². The Balaban J connectivity index is 1.79. The number of carbonyl (C=O) groups is 2. The van der Waals surface area contributed by atoms with Crippen LogP contribution in [0.15, 0.2) is 48.5 Å². The summed E-state index contributed by atoms with van der Waals surface area (Å²) in [6, 6.07) is 14.7. The molecule has 0 aliphatic rings. The van der Waals surface area contributed by atoms with Crippen LogP contribution in [0, 0.1) is 0 Å². The first-order chi connectivity index (χ1) is 15.3. The van der Waals surface area contributed by atoms with Crippen LogP contribution in [0.25, 0.3) is 0 Å². The number of amides is 2. The predicted octanol–water partition coefficient (Wildman–Crippen LogP) is 4.46. The van der Waals surface area contributed by atoms with Crippen LogP contribution in [-0.4, -0.2) is 49.5 Å². The van der Waals surface area contributed by atoms with Crippen LogP contribution in [0.1, 0.15) is 57.0 Å². The maximum absolute atomic E-state index is 12.3. The highest BCUT2D eigenvalue weighted by Crippen LogP contribution is 2.28. The molecule has 0 bridgehead atoms. The Morgan fingerprint density at radius 3 is 2.12 bits per heavy atom. The van der Waals surface area contributed by atoms with Gasteiger partial charge in [0.2, 0.25) is 0 Å². The number of nitrogens with zero attached hydrogens (tertiary/aromatic N) is 1. The largest absolute Gasteiger partial charge is 0.484 e. The fraction of sp³-hybridized carbons (Fsp3) is 0.462. The van der Waals surface area contributed by atoms with Gasteiger partial charge in [-0.25, -0.2) is 0 Å². The lowest BCUT2D eigenvalue weighted by Gasteiger charge is -2.23. The first-order valence-electron chi connectivity index (χ1n) is 11.4. The second-order valence-corrected chi connectivity index (χ2v) is 8.46. The number of nitrogens with one attached hydrogen (secondary N) is 2. The molecular weight excluding hydrogens is 402 g/mol. The Labute approximate surface area is 192 Å². The molecule has 0 saturated carbocycles. The van der Waals surface area contributed by atoms with Gasteiger partial charge in [0.25, 0.3) is 11.8 Å². The molecule has 0 spiro atoms. The van der Waals surface area contributed by atoms with E-state index in [2.05, 4.69) is 50.2 Å². The Kier molecular flexibility index (Phi) is 9.72. The second kappa shape index (κ2) is 12.2. The predicted molar refractivity (Wildman–Crippen MR) is 130 cm³/mol. The highest BCUT2D eigenvalue weighted by atomic mass is 16.5. The summed E-state index contributed by atoms with van der Waals surface area (Å²) in [4.78, 5) is 26.7. The van der Waals surface area contributed by atoms with Gasteiger partial charge in [-0.05, 0) is 66.9 Å². The SMILES string of the molecule is CCN(CC)CCNC(=O)c1ccc(NC(=O)COc2ccc(C(C)(C)CC)cc2)cc1. The van der Waals surface area contributed by atoms with Crippen LogP contribution in [0.5, 0.6) is 5.75 Å². The van der Waals surface area contributed by atoms with Crippen molar-refractivity contribution in [1.82, 2.24) is 10.2 Å². The average molecular weight is 440 g/mol. The Bertz CT molecular complexity index is 857. The van der Waals surface area contributed by atoms with E-state index < -0.39 is 0 Å². The maximum Gasteiger partial charge on any atom is 0.262 e. The lowest BCUT2D eigenvalue weighted by atomic mass is 9.82. The van der Waals surface area contributed by atoms with Gasteiger partial charge in [-0.15, -0.1) is 0 Å². The van der Waals surface area contributed by atoms with Gasteiger partial charge in [-0.1, -0.05) is 46.8 Å². The molecule has 2 rings (SSSR count). The van der Waals surface area contributed by atoms with Gasteiger partial charge in [0.05, 0.1) is 0 Å². The highest BCUT2D eigenvalue weighted by Gasteiger charge is 2.17. The Hall–Kier alpha value is -2.86. The molecular formula is C26H37N3O3. The molecule has 0 radical (unpaired) electrons. The van der Waals surface area contributed by atoms with Crippen molar-refractivity contribution in [2.75, 3.05) is 38.1 Å². The summed E-state index contributed by atoms with van der Waals surface area (Å²) in [5.41, 5.74) is 2.55. The Morgan fingerprint density at radius 1 is 0.938 bits per heavy atom. The summed E-state index contributed by atoms with van der Waals surface area (Å²) in [6.45, 7) is 14.1. The molecule has 0 aliphatic carbocycles. The minimum Gasteiger partial charge on any atom is -0.484 e. The molecule has 0 aliphatic heterocycles. The van der Waals surface area contributed by atoms with Gasteiger partial charge >= 0.3 is 0 Å². The van der Waals surface area contributed by atoms with E-state index in [1.807, 2.05) is 24.3 Å². The molecule has 6 nitrogen and oxygen atoms in total. The number of benzene rings is 2. The van der Waals surface area contributed by atoms with E-state index in [0.717, 1.165) is 26.1 Å². The van der Waals surface area contributed by atoms with E-state index >= 15 is 0 Å². The number of hydrogen-bond donors (Lipinski definition) is 2. The number of hydrogen-bond acceptors (Lipinski definition) is 4. The topological polar surface area (TPSA) is 70.7 Å². The first kappa shape index (κ1) is 25.4. The summed E-state index contributed by atoms with van der Waals surface area (Å²) >= 11 is 0. The second-order valence-electron chi connectivity index (χ2n) is 8.46. The van der Waals surface area contributed by atoms with Gasteiger partial charge in [-0.3, -0.25) is 9.59 Å². The Morgan fingerprint density at radius 2 is 1.56 bits per heavy atom. The van der Waals surface area contributed by atoms with E-state index in [4.69, 9.17) is 4.74 Å². The van der Waals surface area contributed by atoms with Crippen LogP contribution < -0.4 is 15.4 Å². The maximum atomic E-state index is 12.3. The fourth-order valence-corrected chi connectivity index (χ4v) is 3.23. The zero-order valence-electron chi connectivity index (χ0n) is 20.0. The van der Waals surface area contributed by atoms with Gasteiger partial charge in [0.15, 0.2) is 6.61 Å². The van der Waals surface area contributed by atoms with E-state index in [1.165, 1.54) is 5.56 Å². The molecule has 174 valence electrons. The van der Waals surface area contributed by atoms with E-state index in [0.29, 0.717) is 23.5 Å². The zero-order chi connectivity index (χ0) is 23.6. The van der Waals surface area contributed by atoms with Crippen molar-refractivity contribution < 1.29 is 14.3 Å². The third-order valence-corrected chi connectivity index (χ3v) is 5.93. The van der Waals surface area contributed by atoms with Crippen molar-refractivity contribution in [2.45, 2.75) is 46.5 Å². The monoisotopic (exact) mass is 439 g/mol. The minimum absolute atomic E-state index is 0.0793. The molecule has 0 aromatic heterocycles. The molecule has 0 unspecified atom stereocenters. The smallest absolute Gasteiger partial charge is 0.262 e. The van der Waals surface area contributed by atoms with Crippen molar-refractivity contribution >= 4 is 17.5 Å². The van der Waals surface area contributed by atoms with E-state index in [-0.39, 0.29) is 23.8 Å². The summed E-state index contributed by atoms with van der Waals surface area (Å²) < 4.78 is 5.61. The van der Waals surface area contributed by atoms with Crippen LogP contribution >= 0.6 is 0 Å². The molecule has 2 amide bonds. The van der Waals surface area contributed by atoms with Crippen LogP contribution in [-0.2, 0) is 10.2 Å². The molecule has 0 heterocycles. The third kappa shape index (κ3) is 7.68. The number of likely N-dealkylation sites (N-methyl/N-ethyl adjacent to an activating group) is 1. The van der Waals surface area contributed by atoms with Crippen molar-refractivity contribution in [3.05, 3.63) is 59.7 Å². The quantitative estimate of drug-likeness (QED) is 0.512.